The number of hydrogen-bond donors (Lipinski definition) is 0. The molecule has 0 radical (unpaired) electrons. The molecule has 0 aliphatic rings. The zero-order valence-electron chi connectivity index (χ0n) is 19.4. The summed E-state index contributed by atoms with van der Waals surface area (Å²) in [5.41, 5.74) is 3.32. The van der Waals surface area contributed by atoms with Gasteiger partial charge in [-0.25, -0.2) is 0 Å². The van der Waals surface area contributed by atoms with Gasteiger partial charge in [-0.05, 0) is 56.4 Å². The molecule has 1 atom stereocenters. The van der Waals surface area contributed by atoms with Gasteiger partial charge in [0.1, 0.15) is 0 Å². The van der Waals surface area contributed by atoms with Crippen molar-refractivity contribution in [1.29, 1.82) is 5.26 Å². The second kappa shape index (κ2) is 11.9. The van der Waals surface area contributed by atoms with Crippen LogP contribution in [-0.2, 0) is 5.41 Å². The van der Waals surface area contributed by atoms with Crippen LogP contribution in [0.3, 0.4) is 0 Å². The van der Waals surface area contributed by atoms with Crippen LogP contribution in [0, 0.1) is 17.2 Å². The van der Waals surface area contributed by atoms with Gasteiger partial charge >= 0.3 is 0 Å². The second-order valence-electron chi connectivity index (χ2n) is 8.84. The van der Waals surface area contributed by atoms with Crippen LogP contribution in [0.2, 0.25) is 0 Å². The molecule has 162 valence electrons. The summed E-state index contributed by atoms with van der Waals surface area (Å²) in [6, 6.07) is 17.6. The van der Waals surface area contributed by atoms with Gasteiger partial charge in [0.2, 0.25) is 0 Å². The zero-order valence-corrected chi connectivity index (χ0v) is 20.2. The van der Waals surface area contributed by atoms with E-state index in [0.29, 0.717) is 0 Å². The minimum Gasteiger partial charge on any atom is -0.296 e. The molecule has 0 aliphatic carbocycles. The van der Waals surface area contributed by atoms with Crippen molar-refractivity contribution in [1.82, 2.24) is 4.90 Å². The number of benzene rings is 2. The average molecular weight is 425 g/mol. The third-order valence-corrected chi connectivity index (χ3v) is 5.79. The number of halogens is 1. The first kappa shape index (κ1) is 26.0. The van der Waals surface area contributed by atoms with Crippen molar-refractivity contribution < 1.29 is 0 Å². The summed E-state index contributed by atoms with van der Waals surface area (Å²) >= 11 is 0. The molecule has 2 nitrogen and oxygen atoms in total. The van der Waals surface area contributed by atoms with Gasteiger partial charge in [0.15, 0.2) is 0 Å². The fourth-order valence-electron chi connectivity index (χ4n) is 3.81. The first-order valence-corrected chi connectivity index (χ1v) is 10.7. The summed E-state index contributed by atoms with van der Waals surface area (Å²) in [6.45, 7) is 15.7. The molecule has 2 rings (SSSR count). The van der Waals surface area contributed by atoms with Gasteiger partial charge in [0.05, 0.1) is 11.5 Å². The third kappa shape index (κ3) is 6.46. The van der Waals surface area contributed by atoms with Crippen LogP contribution >= 0.6 is 12.4 Å². The maximum Gasteiger partial charge on any atom is 0.0863 e. The number of nitriles is 1. The van der Waals surface area contributed by atoms with Gasteiger partial charge in [0.25, 0.3) is 0 Å². The van der Waals surface area contributed by atoms with Crippen LogP contribution in [0.4, 0.5) is 0 Å². The fraction of sp³-hybridized carbons (Fsp3) is 0.444. The van der Waals surface area contributed by atoms with Crippen molar-refractivity contribution in [3.63, 3.8) is 0 Å². The van der Waals surface area contributed by atoms with Gasteiger partial charge < -0.3 is 0 Å². The predicted molar refractivity (Wildman–Crippen MR) is 133 cm³/mol. The highest BCUT2D eigenvalue weighted by atomic mass is 35.5. The fourth-order valence-corrected chi connectivity index (χ4v) is 3.81. The van der Waals surface area contributed by atoms with E-state index in [2.05, 4.69) is 107 Å². The first-order chi connectivity index (χ1) is 13.8. The molecular weight excluding hydrogens is 388 g/mol. The van der Waals surface area contributed by atoms with E-state index in [9.17, 15) is 5.26 Å². The van der Waals surface area contributed by atoms with Gasteiger partial charge in [0, 0.05) is 19.6 Å². The molecule has 30 heavy (non-hydrogen) atoms. The molecule has 1 unspecified atom stereocenters. The Morgan fingerprint density at radius 2 is 1.53 bits per heavy atom. The number of hydrogen-bond acceptors (Lipinski definition) is 2. The van der Waals surface area contributed by atoms with Crippen LogP contribution < -0.4 is 0 Å². The number of rotatable bonds is 9. The Labute approximate surface area is 189 Å². The van der Waals surface area contributed by atoms with E-state index in [1.54, 1.807) is 0 Å². The Kier molecular flexibility index (Phi) is 10.3. The number of fused-ring (bicyclic) bond motifs is 1. The summed E-state index contributed by atoms with van der Waals surface area (Å²) < 4.78 is 0. The maximum atomic E-state index is 10.4. The van der Waals surface area contributed by atoms with Gasteiger partial charge in [-0.2, -0.15) is 5.26 Å². The summed E-state index contributed by atoms with van der Waals surface area (Å²) in [5, 5.41) is 12.8. The van der Waals surface area contributed by atoms with Crippen molar-refractivity contribution >= 4 is 23.2 Å². The normalized spacial score (nSPS) is 12.8. The topological polar surface area (TPSA) is 27.0 Å². The van der Waals surface area contributed by atoms with E-state index < -0.39 is 5.41 Å². The van der Waals surface area contributed by atoms with E-state index in [-0.39, 0.29) is 18.3 Å². The molecule has 0 spiro atoms. The lowest BCUT2D eigenvalue weighted by molar-refractivity contribution is 0.270. The Morgan fingerprint density at radius 3 is 2.07 bits per heavy atom. The van der Waals surface area contributed by atoms with E-state index in [1.807, 2.05) is 0 Å². The molecule has 3 heteroatoms. The molecule has 0 amide bonds. The standard InChI is InChI=1S/C27H36N2.ClH/c1-21(2)14-17-29(18-15-22(3)4)19-16-27(20-28,23(5)6)26-13-9-11-24-10-7-8-12-25(24)26;/h7-15,23H,16-19H2,1-6H3;1H. The molecule has 0 aromatic heterocycles. The highest BCUT2D eigenvalue weighted by Gasteiger charge is 2.37. The molecule has 0 heterocycles. The SMILES string of the molecule is CC(C)=CCN(CC=C(C)C)CCC(C#N)(c1cccc2ccccc12)C(C)C.Cl. The summed E-state index contributed by atoms with van der Waals surface area (Å²) in [4.78, 5) is 2.44. The second-order valence-corrected chi connectivity index (χ2v) is 8.84. The number of allylic oxidation sites excluding steroid dienone is 2. The van der Waals surface area contributed by atoms with Crippen LogP contribution in [0.15, 0.2) is 65.8 Å². The molecule has 0 saturated carbocycles. The quantitative estimate of drug-likeness (QED) is 0.394. The van der Waals surface area contributed by atoms with Crippen LogP contribution in [0.25, 0.3) is 10.8 Å². The minimum atomic E-state index is -0.505. The highest BCUT2D eigenvalue weighted by Crippen LogP contribution is 2.39. The number of nitrogens with zero attached hydrogens (tertiary/aromatic N) is 2. The molecular formula is C27H37ClN2. The van der Waals surface area contributed by atoms with Gasteiger partial charge in [-0.1, -0.05) is 79.6 Å². The maximum absolute atomic E-state index is 10.4. The van der Waals surface area contributed by atoms with Crippen LogP contribution in [0.1, 0.15) is 53.5 Å². The Hall–Kier alpha value is -2.08. The third-order valence-electron chi connectivity index (χ3n) is 5.79. The summed E-state index contributed by atoms with van der Waals surface area (Å²) in [5.74, 6) is 0.229. The van der Waals surface area contributed by atoms with Gasteiger partial charge in [-0.15, -0.1) is 12.4 Å². The molecule has 0 bridgehead atoms. The van der Waals surface area contributed by atoms with Crippen molar-refractivity contribution in [3.8, 4) is 6.07 Å². The van der Waals surface area contributed by atoms with Crippen LogP contribution in [-0.4, -0.2) is 24.5 Å². The predicted octanol–water partition coefficient (Wildman–Crippen LogP) is 7.30. The lowest BCUT2D eigenvalue weighted by atomic mass is 9.69. The minimum absolute atomic E-state index is 0. The average Bonchev–Trinajstić information content (AvgIpc) is 2.69. The molecule has 0 aliphatic heterocycles. The van der Waals surface area contributed by atoms with Gasteiger partial charge in [-0.3, -0.25) is 4.90 Å². The van der Waals surface area contributed by atoms with Crippen molar-refractivity contribution in [3.05, 3.63) is 71.3 Å². The monoisotopic (exact) mass is 424 g/mol. The largest absolute Gasteiger partial charge is 0.296 e. The van der Waals surface area contributed by atoms with E-state index in [4.69, 9.17) is 0 Å². The molecule has 0 saturated heterocycles. The van der Waals surface area contributed by atoms with E-state index >= 15 is 0 Å². The van der Waals surface area contributed by atoms with E-state index in [0.717, 1.165) is 31.6 Å². The van der Waals surface area contributed by atoms with Crippen molar-refractivity contribution in [2.75, 3.05) is 19.6 Å². The Bertz CT molecular complexity index is 887. The summed E-state index contributed by atoms with van der Waals surface area (Å²) in [6.07, 6.45) is 5.38. The lowest BCUT2D eigenvalue weighted by Gasteiger charge is -2.34. The lowest BCUT2D eigenvalue weighted by Crippen LogP contribution is -2.37. The van der Waals surface area contributed by atoms with E-state index in [1.165, 1.54) is 21.9 Å². The molecule has 2 aromatic carbocycles. The molecule has 0 fully saturated rings. The molecule has 0 N–H and O–H groups in total. The summed E-state index contributed by atoms with van der Waals surface area (Å²) in [7, 11) is 0. The Balaban J connectivity index is 0.00000450. The van der Waals surface area contributed by atoms with Crippen molar-refractivity contribution in [2.45, 2.75) is 53.4 Å². The zero-order chi connectivity index (χ0) is 21.4. The highest BCUT2D eigenvalue weighted by molar-refractivity contribution is 5.87. The molecule has 2 aromatic rings. The van der Waals surface area contributed by atoms with Crippen molar-refractivity contribution in [2.24, 2.45) is 5.92 Å². The smallest absolute Gasteiger partial charge is 0.0863 e. The Morgan fingerprint density at radius 1 is 0.967 bits per heavy atom. The first-order valence-electron chi connectivity index (χ1n) is 10.7. The van der Waals surface area contributed by atoms with Crippen LogP contribution in [0.5, 0.6) is 0 Å².